The van der Waals surface area contributed by atoms with Gasteiger partial charge in [-0.3, -0.25) is 18.7 Å². The quantitative estimate of drug-likeness (QED) is 0.479. The van der Waals surface area contributed by atoms with E-state index >= 15 is 0 Å². The molecule has 0 aliphatic rings. The third-order valence-electron chi connectivity index (χ3n) is 4.52. The van der Waals surface area contributed by atoms with Crippen molar-refractivity contribution in [2.24, 2.45) is 0 Å². The van der Waals surface area contributed by atoms with Crippen LogP contribution in [-0.4, -0.2) is 30.0 Å². The van der Waals surface area contributed by atoms with Crippen LogP contribution >= 0.6 is 12.2 Å². The second-order valence-electron chi connectivity index (χ2n) is 6.45. The zero-order valence-electron chi connectivity index (χ0n) is 15.4. The van der Waals surface area contributed by atoms with Crippen LogP contribution in [0.25, 0.3) is 16.7 Å². The van der Waals surface area contributed by atoms with Crippen molar-refractivity contribution in [3.63, 3.8) is 0 Å². The number of fused-ring (bicyclic) bond motifs is 1. The molecule has 3 aromatic heterocycles. The number of aromatic nitrogens is 5. The van der Waals surface area contributed by atoms with Gasteiger partial charge in [-0.25, -0.2) is 9.97 Å². The number of carbonyl (C=O) groups excluding carboxylic acids is 1. The first-order valence-electron chi connectivity index (χ1n) is 9.03. The maximum Gasteiger partial charge on any atom is 0.262 e. The summed E-state index contributed by atoms with van der Waals surface area (Å²) in [5.74, 6) is 0.584. The summed E-state index contributed by atoms with van der Waals surface area (Å²) in [5.41, 5.74) is 1.37. The summed E-state index contributed by atoms with van der Waals surface area (Å²) >= 11 is 5.27. The summed E-state index contributed by atoms with van der Waals surface area (Å²) in [5, 5.41) is 3.39. The van der Waals surface area contributed by atoms with E-state index in [1.807, 2.05) is 24.4 Å². The van der Waals surface area contributed by atoms with Crippen molar-refractivity contribution < 1.29 is 4.79 Å². The monoisotopic (exact) mass is 406 g/mol. The second kappa shape index (κ2) is 8.19. The molecule has 0 aliphatic carbocycles. The number of nitrogens with one attached hydrogen (secondary N) is 2. The number of benzene rings is 1. The molecule has 3 heterocycles. The van der Waals surface area contributed by atoms with Crippen LogP contribution in [-0.2, 0) is 17.9 Å². The molecule has 0 saturated carbocycles. The number of hydrogen-bond donors (Lipinski definition) is 2. The number of amides is 1. The molecule has 29 heavy (non-hydrogen) atoms. The highest BCUT2D eigenvalue weighted by Gasteiger charge is 2.08. The fourth-order valence-corrected chi connectivity index (χ4v) is 3.26. The van der Waals surface area contributed by atoms with Crippen molar-refractivity contribution in [1.29, 1.82) is 0 Å². The highest BCUT2D eigenvalue weighted by molar-refractivity contribution is 7.71. The van der Waals surface area contributed by atoms with Crippen LogP contribution in [0.3, 0.4) is 0 Å². The van der Waals surface area contributed by atoms with Gasteiger partial charge >= 0.3 is 0 Å². The Morgan fingerprint density at radius 1 is 1.21 bits per heavy atom. The van der Waals surface area contributed by atoms with E-state index in [0.29, 0.717) is 22.2 Å². The van der Waals surface area contributed by atoms with Crippen LogP contribution in [0.15, 0.2) is 66.1 Å². The molecule has 0 fully saturated rings. The average molecular weight is 406 g/mol. The molecule has 2 N–H and O–H groups in total. The molecule has 8 nitrogen and oxygen atoms in total. The van der Waals surface area contributed by atoms with Crippen LogP contribution in [0.5, 0.6) is 0 Å². The van der Waals surface area contributed by atoms with Crippen LogP contribution in [0.4, 0.5) is 0 Å². The lowest BCUT2D eigenvalue weighted by molar-refractivity contribution is -0.121. The number of H-pyrrole nitrogens is 1. The number of imidazole rings is 1. The van der Waals surface area contributed by atoms with E-state index in [2.05, 4.69) is 20.3 Å². The number of para-hydroxylation sites is 1. The zero-order chi connectivity index (χ0) is 20.2. The fourth-order valence-electron chi connectivity index (χ4n) is 2.97. The Bertz CT molecular complexity index is 1260. The predicted octanol–water partition coefficient (Wildman–Crippen LogP) is 2.35. The van der Waals surface area contributed by atoms with Crippen molar-refractivity contribution in [3.05, 3.63) is 82.0 Å². The van der Waals surface area contributed by atoms with Gasteiger partial charge in [-0.1, -0.05) is 18.2 Å². The van der Waals surface area contributed by atoms with Crippen molar-refractivity contribution in [2.75, 3.05) is 0 Å². The van der Waals surface area contributed by atoms with Gasteiger partial charge in [0, 0.05) is 38.1 Å². The Labute approximate surface area is 170 Å². The van der Waals surface area contributed by atoms with E-state index in [4.69, 9.17) is 12.2 Å². The molecule has 1 amide bonds. The lowest BCUT2D eigenvalue weighted by atomic mass is 10.2. The Morgan fingerprint density at radius 2 is 2.07 bits per heavy atom. The van der Waals surface area contributed by atoms with E-state index < -0.39 is 0 Å². The first-order chi connectivity index (χ1) is 14.1. The minimum absolute atomic E-state index is 0.149. The molecule has 4 rings (SSSR count). The number of nitrogens with zero attached hydrogens (tertiary/aromatic N) is 4. The summed E-state index contributed by atoms with van der Waals surface area (Å²) in [7, 11) is 0. The summed E-state index contributed by atoms with van der Waals surface area (Å²) in [6, 6.07) is 10.9. The molecule has 1 aromatic carbocycles. The lowest BCUT2D eigenvalue weighted by Gasteiger charge is -2.09. The minimum atomic E-state index is -0.198. The van der Waals surface area contributed by atoms with E-state index in [1.165, 1.54) is 4.57 Å². The molecule has 9 heteroatoms. The van der Waals surface area contributed by atoms with Gasteiger partial charge in [0.25, 0.3) is 5.56 Å². The molecule has 0 radical (unpaired) electrons. The third-order valence-corrected chi connectivity index (χ3v) is 4.84. The van der Waals surface area contributed by atoms with E-state index in [0.717, 1.165) is 11.4 Å². The Hall–Kier alpha value is -3.59. The molecule has 0 aliphatic heterocycles. The maximum absolute atomic E-state index is 12.6. The fraction of sp³-hybridized carbons (Fsp3) is 0.150. The summed E-state index contributed by atoms with van der Waals surface area (Å²) in [6.07, 6.45) is 7.02. The number of carbonyl (C=O) groups is 1. The van der Waals surface area contributed by atoms with Gasteiger partial charge in [0.05, 0.1) is 10.9 Å². The lowest BCUT2D eigenvalue weighted by Crippen LogP contribution is -2.28. The summed E-state index contributed by atoms with van der Waals surface area (Å²) < 4.78 is 3.52. The van der Waals surface area contributed by atoms with Crippen molar-refractivity contribution >= 4 is 29.0 Å². The number of aromatic amines is 1. The van der Waals surface area contributed by atoms with Crippen LogP contribution in [0, 0.1) is 4.77 Å². The summed E-state index contributed by atoms with van der Waals surface area (Å²) in [6.45, 7) is 0.568. The molecule has 146 valence electrons. The Morgan fingerprint density at radius 3 is 2.83 bits per heavy atom. The standard InChI is InChI=1S/C20H18N6O2S/c27-18(23-12-14-5-6-17(22-11-14)25-10-8-21-13-25)7-9-26-19(28)15-3-1-2-4-16(15)24-20(26)29/h1-6,8,10-11,13H,7,9,12H2,(H,23,27)(H,24,29). The smallest absolute Gasteiger partial charge is 0.262 e. The molecule has 0 unspecified atom stereocenters. The molecule has 4 aromatic rings. The number of pyridine rings is 1. The zero-order valence-corrected chi connectivity index (χ0v) is 16.2. The van der Waals surface area contributed by atoms with Gasteiger partial charge in [-0.2, -0.15) is 0 Å². The van der Waals surface area contributed by atoms with Gasteiger partial charge in [0.15, 0.2) is 4.77 Å². The van der Waals surface area contributed by atoms with E-state index in [9.17, 15) is 9.59 Å². The minimum Gasteiger partial charge on any atom is -0.352 e. The Kier molecular flexibility index (Phi) is 5.30. The normalized spacial score (nSPS) is 10.9. The van der Waals surface area contributed by atoms with Gasteiger partial charge in [-0.05, 0) is 36.0 Å². The average Bonchev–Trinajstić information content (AvgIpc) is 3.27. The van der Waals surface area contributed by atoms with E-state index in [-0.39, 0.29) is 24.4 Å². The third kappa shape index (κ3) is 4.14. The molecular formula is C20H18N6O2S. The first-order valence-corrected chi connectivity index (χ1v) is 9.44. The topological polar surface area (TPSA) is 97.6 Å². The second-order valence-corrected chi connectivity index (χ2v) is 6.84. The molecule has 0 saturated heterocycles. The molecule has 0 atom stereocenters. The Balaban J connectivity index is 1.37. The van der Waals surface area contributed by atoms with Crippen molar-refractivity contribution in [1.82, 2.24) is 29.4 Å². The van der Waals surface area contributed by atoms with Gasteiger partial charge in [0.2, 0.25) is 5.91 Å². The SMILES string of the molecule is O=C(CCn1c(=S)[nH]c2ccccc2c1=O)NCc1ccc(-n2ccnc2)nc1. The van der Waals surface area contributed by atoms with Gasteiger partial charge < -0.3 is 10.3 Å². The van der Waals surface area contributed by atoms with E-state index in [1.54, 1.807) is 41.5 Å². The van der Waals surface area contributed by atoms with Crippen molar-refractivity contribution in [2.45, 2.75) is 19.5 Å². The van der Waals surface area contributed by atoms with Crippen LogP contribution in [0.2, 0.25) is 0 Å². The maximum atomic E-state index is 12.6. The van der Waals surface area contributed by atoms with Crippen LogP contribution < -0.4 is 10.9 Å². The first kappa shape index (κ1) is 18.8. The molecule has 0 spiro atoms. The number of rotatable bonds is 6. The van der Waals surface area contributed by atoms with Gasteiger partial charge in [-0.15, -0.1) is 0 Å². The van der Waals surface area contributed by atoms with Crippen LogP contribution in [0.1, 0.15) is 12.0 Å². The van der Waals surface area contributed by atoms with Gasteiger partial charge in [0.1, 0.15) is 12.1 Å². The number of hydrogen-bond acceptors (Lipinski definition) is 5. The molecule has 0 bridgehead atoms. The highest BCUT2D eigenvalue weighted by Crippen LogP contribution is 2.07. The van der Waals surface area contributed by atoms with Crippen molar-refractivity contribution in [3.8, 4) is 5.82 Å². The highest BCUT2D eigenvalue weighted by atomic mass is 32.1. The molecular weight excluding hydrogens is 388 g/mol. The summed E-state index contributed by atoms with van der Waals surface area (Å²) in [4.78, 5) is 36.2. The largest absolute Gasteiger partial charge is 0.352 e. The predicted molar refractivity (Wildman–Crippen MR) is 111 cm³/mol.